The number of alkyl halides is 3. The molecule has 0 saturated heterocycles. The second-order valence-corrected chi connectivity index (χ2v) is 7.06. The van der Waals surface area contributed by atoms with Gasteiger partial charge in [-0.05, 0) is 36.8 Å². The summed E-state index contributed by atoms with van der Waals surface area (Å²) in [6.45, 7) is 0.412. The molecular formula is C19H16Cl2F3N3O2. The molecule has 1 amide bonds. The molecule has 0 atom stereocenters. The van der Waals surface area contributed by atoms with E-state index in [0.29, 0.717) is 40.2 Å². The lowest BCUT2D eigenvalue weighted by Crippen LogP contribution is -2.23. The van der Waals surface area contributed by atoms with Gasteiger partial charge < -0.3 is 14.5 Å². The van der Waals surface area contributed by atoms with Crippen molar-refractivity contribution in [3.63, 3.8) is 0 Å². The molecule has 0 fully saturated rings. The quantitative estimate of drug-likeness (QED) is 0.512. The highest BCUT2D eigenvalue weighted by Crippen LogP contribution is 2.29. The number of halogens is 5. The number of imidazole rings is 1. The molecule has 5 nitrogen and oxygen atoms in total. The van der Waals surface area contributed by atoms with Gasteiger partial charge in [-0.3, -0.25) is 4.79 Å². The van der Waals surface area contributed by atoms with Crippen LogP contribution in [-0.2, 0) is 17.5 Å². The Hall–Kier alpha value is -2.45. The van der Waals surface area contributed by atoms with Crippen molar-refractivity contribution in [2.45, 2.75) is 25.6 Å². The zero-order chi connectivity index (χ0) is 21.0. The minimum atomic E-state index is -4.43. The van der Waals surface area contributed by atoms with E-state index in [2.05, 4.69) is 10.3 Å². The standard InChI is InChI=1S/C19H16Cl2F3N3O2/c20-13-4-5-16(15(21)8-13)29-7-1-2-18(28)25-9-14-11-27-10-12(19(22,23)24)3-6-17(27)26-14/h3-6,8,10-11H,1-2,7,9H2,(H,25,28). The number of benzene rings is 1. The molecule has 2 heterocycles. The molecule has 10 heteroatoms. The first kappa shape index (κ1) is 21.3. The molecule has 1 N–H and O–H groups in total. The first-order valence-electron chi connectivity index (χ1n) is 8.62. The first-order valence-corrected chi connectivity index (χ1v) is 9.37. The molecule has 154 valence electrons. The third-order valence-electron chi connectivity index (χ3n) is 3.99. The van der Waals surface area contributed by atoms with E-state index in [0.717, 1.165) is 12.3 Å². The van der Waals surface area contributed by atoms with E-state index in [9.17, 15) is 18.0 Å². The van der Waals surface area contributed by atoms with Crippen LogP contribution in [0.25, 0.3) is 5.65 Å². The van der Waals surface area contributed by atoms with Gasteiger partial charge in [0, 0.05) is 23.8 Å². The number of hydrogen-bond donors (Lipinski definition) is 1. The van der Waals surface area contributed by atoms with Gasteiger partial charge in [-0.15, -0.1) is 0 Å². The number of aromatic nitrogens is 2. The second kappa shape index (κ2) is 8.92. The Labute approximate surface area is 174 Å². The van der Waals surface area contributed by atoms with Gasteiger partial charge in [-0.25, -0.2) is 4.98 Å². The molecule has 3 rings (SSSR count). The molecule has 0 bridgehead atoms. The summed E-state index contributed by atoms with van der Waals surface area (Å²) < 4.78 is 45.1. The van der Waals surface area contributed by atoms with Crippen molar-refractivity contribution in [1.82, 2.24) is 14.7 Å². The maximum absolute atomic E-state index is 12.8. The Kier molecular flexibility index (Phi) is 6.54. The Morgan fingerprint density at radius 1 is 1.17 bits per heavy atom. The highest BCUT2D eigenvalue weighted by Gasteiger charge is 2.30. The second-order valence-electron chi connectivity index (χ2n) is 6.22. The summed E-state index contributed by atoms with van der Waals surface area (Å²) >= 11 is 11.8. The van der Waals surface area contributed by atoms with Gasteiger partial charge in [-0.1, -0.05) is 23.2 Å². The maximum atomic E-state index is 12.8. The van der Waals surface area contributed by atoms with Crippen molar-refractivity contribution in [3.8, 4) is 5.75 Å². The van der Waals surface area contributed by atoms with Crippen LogP contribution in [0.3, 0.4) is 0 Å². The lowest BCUT2D eigenvalue weighted by molar-refractivity contribution is -0.137. The molecule has 0 unspecified atom stereocenters. The lowest BCUT2D eigenvalue weighted by atomic mass is 10.3. The predicted octanol–water partition coefficient (Wildman–Crippen LogP) is 5.14. The number of carbonyl (C=O) groups is 1. The largest absolute Gasteiger partial charge is 0.492 e. The van der Waals surface area contributed by atoms with Gasteiger partial charge in [0.05, 0.1) is 29.4 Å². The molecular weight excluding hydrogens is 430 g/mol. The SMILES string of the molecule is O=C(CCCOc1ccc(Cl)cc1Cl)NCc1cn2cc(C(F)(F)F)ccc2n1. The van der Waals surface area contributed by atoms with E-state index in [1.165, 1.54) is 16.7 Å². The zero-order valence-corrected chi connectivity index (χ0v) is 16.5. The number of ether oxygens (including phenoxy) is 1. The highest BCUT2D eigenvalue weighted by atomic mass is 35.5. The third kappa shape index (κ3) is 5.77. The van der Waals surface area contributed by atoms with Crippen LogP contribution in [0.5, 0.6) is 5.75 Å². The van der Waals surface area contributed by atoms with Crippen molar-refractivity contribution in [2.75, 3.05) is 6.61 Å². The zero-order valence-electron chi connectivity index (χ0n) is 15.0. The average molecular weight is 446 g/mol. The van der Waals surface area contributed by atoms with Crippen molar-refractivity contribution < 1.29 is 22.7 Å². The Balaban J connectivity index is 1.45. The molecule has 0 aliphatic rings. The predicted molar refractivity (Wildman–Crippen MR) is 103 cm³/mol. The van der Waals surface area contributed by atoms with Gasteiger partial charge in [0.25, 0.3) is 0 Å². The molecule has 1 aromatic carbocycles. The van der Waals surface area contributed by atoms with E-state index >= 15 is 0 Å². The van der Waals surface area contributed by atoms with Crippen LogP contribution < -0.4 is 10.1 Å². The fourth-order valence-corrected chi connectivity index (χ4v) is 3.04. The smallest absolute Gasteiger partial charge is 0.417 e. The number of hydrogen-bond acceptors (Lipinski definition) is 3. The summed E-state index contributed by atoms with van der Waals surface area (Å²) in [4.78, 5) is 16.1. The van der Waals surface area contributed by atoms with Crippen LogP contribution in [0.4, 0.5) is 13.2 Å². The van der Waals surface area contributed by atoms with E-state index in [4.69, 9.17) is 27.9 Å². The van der Waals surface area contributed by atoms with Crippen LogP contribution in [0.15, 0.2) is 42.7 Å². The third-order valence-corrected chi connectivity index (χ3v) is 4.53. The van der Waals surface area contributed by atoms with Crippen LogP contribution in [-0.4, -0.2) is 21.9 Å². The molecule has 0 saturated carbocycles. The Morgan fingerprint density at radius 3 is 2.69 bits per heavy atom. The van der Waals surface area contributed by atoms with Crippen LogP contribution in [0.1, 0.15) is 24.1 Å². The summed E-state index contributed by atoms with van der Waals surface area (Å²) in [5.74, 6) is 0.267. The number of pyridine rings is 1. The number of fused-ring (bicyclic) bond motifs is 1. The number of rotatable bonds is 7. The van der Waals surface area contributed by atoms with Gasteiger partial charge in [0.15, 0.2) is 0 Å². The molecule has 3 aromatic rings. The summed E-state index contributed by atoms with van der Waals surface area (Å²) in [6.07, 6.45) is -1.32. The van der Waals surface area contributed by atoms with Gasteiger partial charge >= 0.3 is 6.18 Å². The number of amides is 1. The molecule has 0 spiro atoms. The van der Waals surface area contributed by atoms with Crippen LogP contribution in [0.2, 0.25) is 10.0 Å². The van der Waals surface area contributed by atoms with Crippen LogP contribution >= 0.6 is 23.2 Å². The minimum absolute atomic E-state index is 0.117. The minimum Gasteiger partial charge on any atom is -0.492 e. The maximum Gasteiger partial charge on any atom is 0.417 e. The average Bonchev–Trinajstić information content (AvgIpc) is 3.06. The fourth-order valence-electron chi connectivity index (χ4n) is 2.58. The fraction of sp³-hybridized carbons (Fsp3) is 0.263. The van der Waals surface area contributed by atoms with E-state index in [-0.39, 0.29) is 18.9 Å². The van der Waals surface area contributed by atoms with Gasteiger partial charge in [0.1, 0.15) is 11.4 Å². The highest BCUT2D eigenvalue weighted by molar-refractivity contribution is 6.35. The van der Waals surface area contributed by atoms with Crippen molar-refractivity contribution >= 4 is 34.8 Å². The number of carbonyl (C=O) groups excluding carboxylic acids is 1. The monoisotopic (exact) mass is 445 g/mol. The summed E-state index contributed by atoms with van der Waals surface area (Å²) in [7, 11) is 0. The van der Waals surface area contributed by atoms with Crippen molar-refractivity contribution in [1.29, 1.82) is 0 Å². The van der Waals surface area contributed by atoms with Gasteiger partial charge in [0.2, 0.25) is 5.91 Å². The summed E-state index contributed by atoms with van der Waals surface area (Å²) in [5, 5.41) is 3.58. The molecule has 29 heavy (non-hydrogen) atoms. The molecule has 2 aromatic heterocycles. The summed E-state index contributed by atoms with van der Waals surface area (Å²) in [6, 6.07) is 7.13. The molecule has 0 radical (unpaired) electrons. The van der Waals surface area contributed by atoms with E-state index < -0.39 is 11.7 Å². The Bertz CT molecular complexity index is 1020. The van der Waals surface area contributed by atoms with Crippen molar-refractivity contribution in [2.24, 2.45) is 0 Å². The van der Waals surface area contributed by atoms with Gasteiger partial charge in [-0.2, -0.15) is 13.2 Å². The number of nitrogens with one attached hydrogen (secondary N) is 1. The first-order chi connectivity index (χ1) is 13.7. The van der Waals surface area contributed by atoms with E-state index in [1.54, 1.807) is 18.2 Å². The molecule has 0 aliphatic heterocycles. The lowest BCUT2D eigenvalue weighted by Gasteiger charge is -2.08. The van der Waals surface area contributed by atoms with Crippen molar-refractivity contribution in [3.05, 3.63) is 64.0 Å². The normalized spacial score (nSPS) is 11.6. The topological polar surface area (TPSA) is 55.6 Å². The van der Waals surface area contributed by atoms with Crippen LogP contribution in [0, 0.1) is 0 Å². The summed E-state index contributed by atoms with van der Waals surface area (Å²) in [5.41, 5.74) is 0.0659. The van der Waals surface area contributed by atoms with E-state index in [1.807, 2.05) is 0 Å². The Morgan fingerprint density at radius 2 is 1.97 bits per heavy atom. The number of nitrogens with zero attached hydrogens (tertiary/aromatic N) is 2. The molecule has 0 aliphatic carbocycles.